The minimum absolute atomic E-state index is 0.0760. The maximum absolute atomic E-state index is 12.7. The lowest BCUT2D eigenvalue weighted by molar-refractivity contribution is -0.121. The van der Waals surface area contributed by atoms with E-state index in [0.29, 0.717) is 0 Å². The Bertz CT molecular complexity index is 808. The summed E-state index contributed by atoms with van der Waals surface area (Å²) >= 11 is 0. The number of benzene rings is 1. The van der Waals surface area contributed by atoms with Gasteiger partial charge in [-0.2, -0.15) is 0 Å². The Morgan fingerprint density at radius 2 is 1.87 bits per heavy atom. The van der Waals surface area contributed by atoms with Gasteiger partial charge in [0.2, 0.25) is 11.9 Å². The number of anilines is 1. The molecule has 3 rings (SSSR count). The van der Waals surface area contributed by atoms with Crippen LogP contribution < -0.4 is 10.6 Å². The minimum Gasteiger partial charge on any atom is -0.369 e. The molecule has 1 aliphatic rings. The van der Waals surface area contributed by atoms with E-state index in [9.17, 15) is 4.79 Å². The van der Waals surface area contributed by atoms with Crippen LogP contribution in [0.5, 0.6) is 0 Å². The number of nitrogens with zero attached hydrogens (tertiary/aromatic N) is 4. The first-order chi connectivity index (χ1) is 10.9. The van der Waals surface area contributed by atoms with Gasteiger partial charge in [0.15, 0.2) is 0 Å². The smallest absolute Gasteiger partial charge is 0.244 e. The van der Waals surface area contributed by atoms with Crippen molar-refractivity contribution in [1.29, 1.82) is 0 Å². The lowest BCUT2D eigenvalue weighted by Gasteiger charge is -2.19. The zero-order chi connectivity index (χ0) is 16.8. The number of fused-ring (bicyclic) bond motifs is 1. The van der Waals surface area contributed by atoms with Gasteiger partial charge in [0.1, 0.15) is 5.82 Å². The Hall–Kier alpha value is -2.76. The maximum atomic E-state index is 12.7. The fourth-order valence-electron chi connectivity index (χ4n) is 2.80. The first kappa shape index (κ1) is 15.1. The highest BCUT2D eigenvalue weighted by atomic mass is 16.2. The molecule has 0 fully saturated rings. The van der Waals surface area contributed by atoms with Crippen molar-refractivity contribution >= 4 is 17.6 Å². The summed E-state index contributed by atoms with van der Waals surface area (Å²) in [6.45, 7) is 5.63. The van der Waals surface area contributed by atoms with E-state index in [1.54, 1.807) is 19.4 Å². The van der Waals surface area contributed by atoms with Gasteiger partial charge in [0.25, 0.3) is 0 Å². The predicted molar refractivity (Wildman–Crippen MR) is 90.3 cm³/mol. The lowest BCUT2D eigenvalue weighted by Crippen LogP contribution is -2.44. The summed E-state index contributed by atoms with van der Waals surface area (Å²) in [5.41, 5.74) is 8.84. The molecule has 0 bridgehead atoms. The molecule has 0 saturated carbocycles. The Labute approximate surface area is 135 Å². The normalized spacial score (nSPS) is 16.6. The van der Waals surface area contributed by atoms with Crippen LogP contribution in [0.2, 0.25) is 0 Å². The van der Waals surface area contributed by atoms with Crippen LogP contribution in [-0.2, 0) is 10.2 Å². The van der Waals surface area contributed by atoms with E-state index in [1.165, 1.54) is 4.90 Å². The number of aliphatic imine (C=N–C) groups is 1. The average Bonchev–Trinajstić information content (AvgIpc) is 2.74. The quantitative estimate of drug-likeness (QED) is 0.645. The highest BCUT2D eigenvalue weighted by Gasteiger charge is 2.45. The average molecular weight is 309 g/mol. The molecule has 1 aromatic heterocycles. The van der Waals surface area contributed by atoms with Crippen molar-refractivity contribution in [3.8, 4) is 11.1 Å². The van der Waals surface area contributed by atoms with Crippen LogP contribution in [-0.4, -0.2) is 28.9 Å². The van der Waals surface area contributed by atoms with Crippen LogP contribution in [0.3, 0.4) is 0 Å². The van der Waals surface area contributed by atoms with Gasteiger partial charge in [-0.3, -0.25) is 9.79 Å². The molecule has 118 valence electrons. The Kier molecular flexibility index (Phi) is 3.39. The Morgan fingerprint density at radius 3 is 2.48 bits per heavy atom. The number of hydrogen-bond donors (Lipinski definition) is 1. The van der Waals surface area contributed by atoms with Crippen molar-refractivity contribution in [1.82, 2.24) is 9.97 Å². The van der Waals surface area contributed by atoms with Gasteiger partial charge < -0.3 is 5.73 Å². The summed E-state index contributed by atoms with van der Waals surface area (Å²) in [6, 6.07) is 5.88. The van der Waals surface area contributed by atoms with Crippen molar-refractivity contribution in [2.75, 3.05) is 11.9 Å². The van der Waals surface area contributed by atoms with Gasteiger partial charge >= 0.3 is 0 Å². The summed E-state index contributed by atoms with van der Waals surface area (Å²) in [4.78, 5) is 26.6. The molecular weight excluding hydrogens is 290 g/mol. The number of carbonyl (C=O) groups is 1. The molecule has 2 aromatic rings. The summed E-state index contributed by atoms with van der Waals surface area (Å²) in [6.07, 6.45) is 3.54. The molecule has 6 nitrogen and oxygen atoms in total. The molecule has 2 heterocycles. The van der Waals surface area contributed by atoms with Gasteiger partial charge in [-0.05, 0) is 38.0 Å². The van der Waals surface area contributed by atoms with Crippen molar-refractivity contribution in [2.45, 2.75) is 26.2 Å². The molecule has 6 heteroatoms. The second kappa shape index (κ2) is 5.15. The summed E-state index contributed by atoms with van der Waals surface area (Å²) < 4.78 is 0. The molecule has 2 N–H and O–H groups in total. The van der Waals surface area contributed by atoms with Crippen molar-refractivity contribution in [3.63, 3.8) is 0 Å². The van der Waals surface area contributed by atoms with E-state index in [2.05, 4.69) is 15.0 Å². The zero-order valence-electron chi connectivity index (χ0n) is 13.7. The molecule has 1 aromatic carbocycles. The number of rotatable bonds is 1. The number of carbonyl (C=O) groups excluding carboxylic acids is 1. The van der Waals surface area contributed by atoms with Crippen molar-refractivity contribution in [3.05, 3.63) is 42.0 Å². The number of aromatic nitrogens is 2. The number of amides is 1. The fourth-order valence-corrected chi connectivity index (χ4v) is 2.80. The minimum atomic E-state index is -0.632. The van der Waals surface area contributed by atoms with E-state index in [-0.39, 0.29) is 11.9 Å². The van der Waals surface area contributed by atoms with Crippen LogP contribution >= 0.6 is 0 Å². The first-order valence-corrected chi connectivity index (χ1v) is 7.36. The molecule has 23 heavy (non-hydrogen) atoms. The van der Waals surface area contributed by atoms with Crippen LogP contribution in [0, 0.1) is 6.92 Å². The monoisotopic (exact) mass is 309 g/mol. The summed E-state index contributed by atoms with van der Waals surface area (Å²) in [5.74, 6) is 0.835. The topological polar surface area (TPSA) is 84.5 Å². The molecule has 1 aliphatic heterocycles. The highest BCUT2D eigenvalue weighted by molar-refractivity contribution is 6.23. The van der Waals surface area contributed by atoms with Crippen LogP contribution in [0.25, 0.3) is 11.1 Å². The lowest BCUT2D eigenvalue weighted by atomic mass is 9.85. The number of aryl methyl sites for hydroxylation is 1. The van der Waals surface area contributed by atoms with Gasteiger partial charge in [0.05, 0.1) is 11.1 Å². The predicted octanol–water partition coefficient (Wildman–Crippen LogP) is 2.02. The standard InChI is InChI=1S/C17H19N5O/c1-10-20-8-12(9-21-10)11-5-6-13-14(7-11)22(16(18)19-4)15(23)17(13,2)3/h5-9H,1-4H3,(H2,18,19). The molecule has 1 amide bonds. The van der Waals surface area contributed by atoms with E-state index < -0.39 is 5.41 Å². The van der Waals surface area contributed by atoms with E-state index in [1.807, 2.05) is 39.0 Å². The second-order valence-corrected chi connectivity index (χ2v) is 6.10. The third-order valence-corrected chi connectivity index (χ3v) is 4.22. The largest absolute Gasteiger partial charge is 0.369 e. The highest BCUT2D eigenvalue weighted by Crippen LogP contribution is 2.43. The Balaban J connectivity index is 2.17. The maximum Gasteiger partial charge on any atom is 0.244 e. The van der Waals surface area contributed by atoms with Gasteiger partial charge in [-0.25, -0.2) is 14.9 Å². The molecule has 0 saturated heterocycles. The van der Waals surface area contributed by atoms with Gasteiger partial charge in [-0.15, -0.1) is 0 Å². The molecule has 0 spiro atoms. The molecule has 0 unspecified atom stereocenters. The first-order valence-electron chi connectivity index (χ1n) is 7.36. The summed E-state index contributed by atoms with van der Waals surface area (Å²) in [7, 11) is 1.57. The number of hydrogen-bond acceptors (Lipinski definition) is 4. The van der Waals surface area contributed by atoms with Crippen LogP contribution in [0.4, 0.5) is 5.69 Å². The third-order valence-electron chi connectivity index (χ3n) is 4.22. The SMILES string of the molecule is C/N=C(\N)N1C(=O)C(C)(C)c2ccc(-c3cnc(C)nc3)cc21. The second-order valence-electron chi connectivity index (χ2n) is 6.10. The van der Waals surface area contributed by atoms with E-state index in [4.69, 9.17) is 5.73 Å². The van der Waals surface area contributed by atoms with E-state index >= 15 is 0 Å². The third kappa shape index (κ3) is 2.27. The molecular formula is C17H19N5O. The van der Waals surface area contributed by atoms with Crippen molar-refractivity contribution in [2.24, 2.45) is 10.7 Å². The van der Waals surface area contributed by atoms with Gasteiger partial charge in [-0.1, -0.05) is 12.1 Å². The molecule has 0 radical (unpaired) electrons. The van der Waals surface area contributed by atoms with Crippen LogP contribution in [0.1, 0.15) is 25.2 Å². The fraction of sp³-hybridized carbons (Fsp3) is 0.294. The van der Waals surface area contributed by atoms with Crippen LogP contribution in [0.15, 0.2) is 35.6 Å². The zero-order valence-corrected chi connectivity index (χ0v) is 13.7. The van der Waals surface area contributed by atoms with Gasteiger partial charge in [0, 0.05) is 25.0 Å². The molecule has 0 aliphatic carbocycles. The molecule has 0 atom stereocenters. The number of guanidine groups is 1. The Morgan fingerprint density at radius 1 is 1.22 bits per heavy atom. The van der Waals surface area contributed by atoms with E-state index in [0.717, 1.165) is 28.2 Å². The summed E-state index contributed by atoms with van der Waals surface area (Å²) in [5, 5.41) is 0. The van der Waals surface area contributed by atoms with Crippen molar-refractivity contribution < 1.29 is 4.79 Å². The number of nitrogens with two attached hydrogens (primary N) is 1.